The minimum atomic E-state index is -5.33. The summed E-state index contributed by atoms with van der Waals surface area (Å²) in [6.07, 6.45) is 0.0514. The second-order valence-electron chi connectivity index (χ2n) is 5.44. The molecule has 112 valence electrons. The van der Waals surface area contributed by atoms with Gasteiger partial charge in [0.2, 0.25) is 0 Å². The summed E-state index contributed by atoms with van der Waals surface area (Å²) in [5.41, 5.74) is -5.40. The van der Waals surface area contributed by atoms with Crippen LogP contribution in [0.1, 0.15) is 26.3 Å². The fraction of sp³-hybridized carbons (Fsp3) is 0.462. The van der Waals surface area contributed by atoms with Gasteiger partial charge in [-0.1, -0.05) is 32.9 Å². The lowest BCUT2D eigenvalue weighted by atomic mass is 9.87. The Kier molecular flexibility index (Phi) is 4.34. The second kappa shape index (κ2) is 5.20. The van der Waals surface area contributed by atoms with Gasteiger partial charge in [0.1, 0.15) is 5.78 Å². The van der Waals surface area contributed by atoms with Crippen LogP contribution in [0.4, 0.5) is 13.2 Å². The summed E-state index contributed by atoms with van der Waals surface area (Å²) in [6, 6.07) is 4.19. The van der Waals surface area contributed by atoms with Crippen molar-refractivity contribution >= 4 is 15.6 Å². The summed E-state index contributed by atoms with van der Waals surface area (Å²) in [5.74, 6) is -0.0797. The molecule has 20 heavy (non-hydrogen) atoms. The second-order valence-corrected chi connectivity index (χ2v) is 7.38. The summed E-state index contributed by atoms with van der Waals surface area (Å²) in [7, 11) is -5.33. The van der Waals surface area contributed by atoms with Crippen LogP contribution in [0.3, 0.4) is 0 Å². The largest absolute Gasteiger partial charge is 0.501 e. The third-order valence-corrected chi connectivity index (χ3v) is 4.24. The number of hydrogen-bond donors (Lipinski definition) is 0. The first-order chi connectivity index (χ1) is 8.85. The molecule has 0 saturated carbocycles. The summed E-state index contributed by atoms with van der Waals surface area (Å²) in [4.78, 5) is 11.0. The van der Waals surface area contributed by atoms with Gasteiger partial charge in [0.25, 0.3) is 9.84 Å². The third kappa shape index (κ3) is 3.59. The molecule has 1 rings (SSSR count). The minimum absolute atomic E-state index is 0.0514. The highest BCUT2D eigenvalue weighted by Crippen LogP contribution is 2.30. The lowest BCUT2D eigenvalue weighted by Gasteiger charge is -2.16. The first-order valence-electron chi connectivity index (χ1n) is 5.79. The van der Waals surface area contributed by atoms with Crippen molar-refractivity contribution in [1.29, 1.82) is 0 Å². The summed E-state index contributed by atoms with van der Waals surface area (Å²) < 4.78 is 59.3. The third-order valence-electron chi connectivity index (χ3n) is 2.74. The van der Waals surface area contributed by atoms with Gasteiger partial charge in [-0.3, -0.25) is 4.79 Å². The number of carbonyl (C=O) groups is 1. The van der Waals surface area contributed by atoms with Crippen molar-refractivity contribution in [2.75, 3.05) is 0 Å². The van der Waals surface area contributed by atoms with E-state index in [9.17, 15) is 26.4 Å². The number of ketones is 1. The maximum absolute atomic E-state index is 12.3. The van der Waals surface area contributed by atoms with Crippen molar-refractivity contribution in [2.24, 2.45) is 5.41 Å². The van der Waals surface area contributed by atoms with Gasteiger partial charge < -0.3 is 0 Å². The molecule has 0 N–H and O–H groups in total. The van der Waals surface area contributed by atoms with Crippen molar-refractivity contribution in [3.63, 3.8) is 0 Å². The molecule has 3 nitrogen and oxygen atoms in total. The number of alkyl halides is 3. The van der Waals surface area contributed by atoms with Crippen LogP contribution < -0.4 is 0 Å². The van der Waals surface area contributed by atoms with Gasteiger partial charge in [0.05, 0.1) is 4.90 Å². The number of benzene rings is 1. The molecular weight excluding hydrogens is 293 g/mol. The van der Waals surface area contributed by atoms with E-state index in [1.165, 1.54) is 12.1 Å². The molecule has 0 aliphatic carbocycles. The lowest BCUT2D eigenvalue weighted by Crippen LogP contribution is -2.23. The lowest BCUT2D eigenvalue weighted by molar-refractivity contribution is -0.125. The number of halogens is 3. The molecule has 0 atom stereocenters. The van der Waals surface area contributed by atoms with Gasteiger partial charge >= 0.3 is 5.51 Å². The fourth-order valence-corrected chi connectivity index (χ4v) is 2.13. The minimum Gasteiger partial charge on any atom is -0.299 e. The van der Waals surface area contributed by atoms with Gasteiger partial charge in [0.15, 0.2) is 0 Å². The van der Waals surface area contributed by atoms with Gasteiger partial charge in [-0.25, -0.2) is 8.42 Å². The fourth-order valence-electron chi connectivity index (χ4n) is 1.37. The Balaban J connectivity index is 3.00. The first-order valence-corrected chi connectivity index (χ1v) is 7.27. The average molecular weight is 308 g/mol. The Morgan fingerprint density at radius 2 is 1.50 bits per heavy atom. The standard InChI is InChI=1S/C13H15F3O3S/c1-12(2,3)11(17)8-9-4-6-10(7-5-9)20(18,19)13(14,15)16/h4-7H,8H2,1-3H3. The Morgan fingerprint density at radius 1 is 1.05 bits per heavy atom. The Labute approximate surface area is 115 Å². The molecule has 1 aromatic rings. The Morgan fingerprint density at radius 3 is 1.85 bits per heavy atom. The monoisotopic (exact) mass is 308 g/mol. The summed E-state index contributed by atoms with van der Waals surface area (Å²) in [5, 5.41) is 0. The van der Waals surface area contributed by atoms with Gasteiger partial charge in [0, 0.05) is 11.8 Å². The van der Waals surface area contributed by atoms with Crippen LogP contribution >= 0.6 is 0 Å². The zero-order valence-corrected chi connectivity index (χ0v) is 12.1. The summed E-state index contributed by atoms with van der Waals surface area (Å²) >= 11 is 0. The van der Waals surface area contributed by atoms with Crippen molar-refractivity contribution in [1.82, 2.24) is 0 Å². The molecule has 0 amide bonds. The van der Waals surface area contributed by atoms with Crippen molar-refractivity contribution in [3.05, 3.63) is 29.8 Å². The predicted octanol–water partition coefficient (Wildman–Crippen LogP) is 3.14. The SMILES string of the molecule is CC(C)(C)C(=O)Cc1ccc(S(=O)(=O)C(F)(F)F)cc1. The highest BCUT2D eigenvalue weighted by atomic mass is 32.2. The van der Waals surface area contributed by atoms with Crippen LogP contribution in [0.25, 0.3) is 0 Å². The highest BCUT2D eigenvalue weighted by molar-refractivity contribution is 7.92. The molecule has 1 aromatic carbocycles. The molecule has 0 spiro atoms. The first kappa shape index (κ1) is 16.7. The molecule has 0 saturated heterocycles. The number of carbonyl (C=O) groups excluding carboxylic acids is 1. The normalized spacial score (nSPS) is 13.3. The van der Waals surface area contributed by atoms with E-state index in [4.69, 9.17) is 0 Å². The van der Waals surface area contributed by atoms with E-state index < -0.39 is 25.7 Å². The topological polar surface area (TPSA) is 51.2 Å². The highest BCUT2D eigenvalue weighted by Gasteiger charge is 2.46. The molecule has 0 bridgehead atoms. The van der Waals surface area contributed by atoms with E-state index in [0.717, 1.165) is 12.1 Å². The van der Waals surface area contributed by atoms with Gasteiger partial charge in [-0.15, -0.1) is 0 Å². The maximum atomic E-state index is 12.3. The van der Waals surface area contributed by atoms with Crippen LogP contribution in [0.5, 0.6) is 0 Å². The molecule has 0 fully saturated rings. The molecule has 0 heterocycles. The van der Waals surface area contributed by atoms with Crippen LogP contribution in [-0.4, -0.2) is 19.7 Å². The van der Waals surface area contributed by atoms with Gasteiger partial charge in [-0.2, -0.15) is 13.2 Å². The molecule has 0 unspecified atom stereocenters. The Bertz CT molecular complexity index is 593. The smallest absolute Gasteiger partial charge is 0.299 e. The zero-order chi connectivity index (χ0) is 15.8. The number of sulfone groups is 1. The van der Waals surface area contributed by atoms with Crippen molar-refractivity contribution in [3.8, 4) is 0 Å². The van der Waals surface area contributed by atoms with Crippen molar-refractivity contribution in [2.45, 2.75) is 37.6 Å². The Hall–Kier alpha value is -1.37. The number of Topliss-reactive ketones (excluding diaryl/α,β-unsaturated/α-hetero) is 1. The quantitative estimate of drug-likeness (QED) is 0.862. The van der Waals surface area contributed by atoms with E-state index in [1.54, 1.807) is 20.8 Å². The molecule has 0 radical (unpaired) electrons. The van der Waals surface area contributed by atoms with E-state index >= 15 is 0 Å². The van der Waals surface area contributed by atoms with Crippen LogP contribution in [-0.2, 0) is 21.1 Å². The summed E-state index contributed by atoms with van der Waals surface area (Å²) in [6.45, 7) is 5.20. The average Bonchev–Trinajstić information content (AvgIpc) is 2.26. The number of rotatable bonds is 3. The molecule has 7 heteroatoms. The number of hydrogen-bond acceptors (Lipinski definition) is 3. The van der Waals surface area contributed by atoms with E-state index in [0.29, 0.717) is 5.56 Å². The van der Waals surface area contributed by atoms with Crippen LogP contribution in [0.15, 0.2) is 29.2 Å². The molecular formula is C13H15F3O3S. The predicted molar refractivity (Wildman–Crippen MR) is 67.8 cm³/mol. The van der Waals surface area contributed by atoms with E-state index in [1.807, 2.05) is 0 Å². The molecule has 0 aliphatic rings. The maximum Gasteiger partial charge on any atom is 0.501 e. The van der Waals surface area contributed by atoms with Crippen LogP contribution in [0.2, 0.25) is 0 Å². The van der Waals surface area contributed by atoms with E-state index in [-0.39, 0.29) is 12.2 Å². The molecule has 0 aliphatic heterocycles. The van der Waals surface area contributed by atoms with Gasteiger partial charge in [-0.05, 0) is 17.7 Å². The van der Waals surface area contributed by atoms with Crippen molar-refractivity contribution < 1.29 is 26.4 Å². The molecule has 0 aromatic heterocycles. The van der Waals surface area contributed by atoms with E-state index in [2.05, 4.69) is 0 Å². The zero-order valence-electron chi connectivity index (χ0n) is 11.3. The van der Waals surface area contributed by atoms with Crippen LogP contribution in [0, 0.1) is 5.41 Å².